The predicted molar refractivity (Wildman–Crippen MR) is 71.8 cm³/mol. The first-order chi connectivity index (χ1) is 9.83. The molecule has 3 aliphatic rings. The summed E-state index contributed by atoms with van der Waals surface area (Å²) in [4.78, 5) is 0. The van der Waals surface area contributed by atoms with Gasteiger partial charge in [-0.3, -0.25) is 0 Å². The molecule has 1 aliphatic carbocycles. The van der Waals surface area contributed by atoms with Crippen molar-refractivity contribution in [1.29, 1.82) is 0 Å². The molecule has 1 spiro atoms. The fraction of sp³-hybridized carbons (Fsp3) is 1.00. The maximum atomic E-state index is 13.0. The number of ether oxygens (including phenoxy) is 2. The Hall–Kier alpha value is -0.330. The maximum Gasteiger partial charge on any atom is 0.391 e. The number of nitrogens with two attached hydrogens (primary N) is 1. The highest BCUT2D eigenvalue weighted by molar-refractivity contribution is 5.02. The normalized spacial score (nSPS) is 45.1. The zero-order valence-corrected chi connectivity index (χ0v) is 12.3. The highest BCUT2D eigenvalue weighted by Gasteiger charge is 2.52. The lowest BCUT2D eigenvalue weighted by molar-refractivity contribution is -0.192. The van der Waals surface area contributed by atoms with E-state index in [0.717, 1.165) is 19.3 Å². The predicted octanol–water partition coefficient (Wildman–Crippen LogP) is 3.02. The van der Waals surface area contributed by atoms with Gasteiger partial charge in [0.05, 0.1) is 18.1 Å². The molecule has 2 N–H and O–H groups in total. The highest BCUT2D eigenvalue weighted by Crippen LogP contribution is 2.48. The van der Waals surface area contributed by atoms with Crippen LogP contribution in [0.15, 0.2) is 0 Å². The third kappa shape index (κ3) is 3.08. The third-order valence-corrected chi connectivity index (χ3v) is 5.66. The summed E-state index contributed by atoms with van der Waals surface area (Å²) in [6.07, 6.45) is -0.218. The van der Waals surface area contributed by atoms with E-state index >= 15 is 0 Å². The Kier molecular flexibility index (Phi) is 3.99. The van der Waals surface area contributed by atoms with Crippen LogP contribution >= 0.6 is 0 Å². The van der Waals surface area contributed by atoms with Crippen molar-refractivity contribution in [2.24, 2.45) is 17.6 Å². The van der Waals surface area contributed by atoms with Crippen LogP contribution in [-0.2, 0) is 9.47 Å². The fourth-order valence-electron chi connectivity index (χ4n) is 4.37. The topological polar surface area (TPSA) is 44.5 Å². The highest BCUT2D eigenvalue weighted by atomic mass is 19.4. The van der Waals surface area contributed by atoms with Crippen molar-refractivity contribution in [3.63, 3.8) is 0 Å². The molecule has 21 heavy (non-hydrogen) atoms. The number of hydrogen-bond donors (Lipinski definition) is 1. The Labute approximate surface area is 123 Å². The monoisotopic (exact) mass is 307 g/mol. The molecular formula is C15H24F3NO2. The zero-order valence-electron chi connectivity index (χ0n) is 12.3. The number of rotatable bonds is 1. The lowest BCUT2D eigenvalue weighted by atomic mass is 9.65. The lowest BCUT2D eigenvalue weighted by Gasteiger charge is -2.49. The average Bonchev–Trinajstić information content (AvgIpc) is 2.86. The zero-order chi connectivity index (χ0) is 15.1. The van der Waals surface area contributed by atoms with Crippen molar-refractivity contribution in [2.45, 2.75) is 62.3 Å². The quantitative estimate of drug-likeness (QED) is 0.810. The molecule has 2 heterocycles. The minimum Gasteiger partial charge on any atom is -0.378 e. The van der Waals surface area contributed by atoms with Gasteiger partial charge in [-0.1, -0.05) is 6.42 Å². The summed E-state index contributed by atoms with van der Waals surface area (Å²) >= 11 is 0. The van der Waals surface area contributed by atoms with E-state index in [2.05, 4.69) is 0 Å². The van der Waals surface area contributed by atoms with Gasteiger partial charge in [0.2, 0.25) is 0 Å². The molecule has 6 heteroatoms. The SMILES string of the molecule is NC1(C2CCOC3(CCOC3)C2)CCCC(C(F)(F)F)C1. The molecule has 4 unspecified atom stereocenters. The van der Waals surface area contributed by atoms with Gasteiger partial charge in [0.15, 0.2) is 0 Å². The summed E-state index contributed by atoms with van der Waals surface area (Å²) in [5, 5.41) is 0. The summed E-state index contributed by atoms with van der Waals surface area (Å²) in [7, 11) is 0. The Bertz CT molecular complexity index is 382. The summed E-state index contributed by atoms with van der Waals surface area (Å²) < 4.78 is 50.5. The number of alkyl halides is 3. The van der Waals surface area contributed by atoms with E-state index in [0.29, 0.717) is 32.7 Å². The molecular weight excluding hydrogens is 283 g/mol. The van der Waals surface area contributed by atoms with Crippen molar-refractivity contribution in [3.05, 3.63) is 0 Å². The maximum absolute atomic E-state index is 13.0. The van der Waals surface area contributed by atoms with Gasteiger partial charge in [-0.25, -0.2) is 0 Å². The first-order valence-corrected chi connectivity index (χ1v) is 7.90. The number of hydrogen-bond acceptors (Lipinski definition) is 3. The molecule has 0 bridgehead atoms. The van der Waals surface area contributed by atoms with Crippen LogP contribution in [0.1, 0.15) is 44.9 Å². The van der Waals surface area contributed by atoms with E-state index < -0.39 is 17.6 Å². The fourth-order valence-corrected chi connectivity index (χ4v) is 4.37. The first kappa shape index (κ1) is 15.6. The molecule has 4 atom stereocenters. The minimum absolute atomic E-state index is 0.0676. The smallest absolute Gasteiger partial charge is 0.378 e. The van der Waals surface area contributed by atoms with E-state index in [1.54, 1.807) is 0 Å². The van der Waals surface area contributed by atoms with Crippen LogP contribution in [0.5, 0.6) is 0 Å². The Morgan fingerprint density at radius 2 is 1.86 bits per heavy atom. The van der Waals surface area contributed by atoms with E-state index in [1.807, 2.05) is 0 Å². The van der Waals surface area contributed by atoms with Crippen molar-refractivity contribution in [1.82, 2.24) is 0 Å². The molecule has 1 saturated carbocycles. The van der Waals surface area contributed by atoms with Gasteiger partial charge < -0.3 is 15.2 Å². The molecule has 122 valence electrons. The van der Waals surface area contributed by atoms with Gasteiger partial charge >= 0.3 is 6.18 Å². The summed E-state index contributed by atoms with van der Waals surface area (Å²) in [5.74, 6) is -1.13. The van der Waals surface area contributed by atoms with E-state index in [1.165, 1.54) is 0 Å². The van der Waals surface area contributed by atoms with Gasteiger partial charge in [-0.15, -0.1) is 0 Å². The Morgan fingerprint density at radius 1 is 1.05 bits per heavy atom. The van der Waals surface area contributed by atoms with Crippen molar-refractivity contribution >= 4 is 0 Å². The van der Waals surface area contributed by atoms with Gasteiger partial charge in [0.25, 0.3) is 0 Å². The molecule has 3 rings (SSSR count). The van der Waals surface area contributed by atoms with Crippen LogP contribution in [-0.4, -0.2) is 37.1 Å². The Balaban J connectivity index is 1.72. The van der Waals surface area contributed by atoms with E-state index in [4.69, 9.17) is 15.2 Å². The second kappa shape index (κ2) is 5.39. The van der Waals surface area contributed by atoms with Crippen LogP contribution in [0.4, 0.5) is 13.2 Å². The molecule has 0 radical (unpaired) electrons. The molecule has 2 aliphatic heterocycles. The molecule has 3 fully saturated rings. The van der Waals surface area contributed by atoms with Gasteiger partial charge in [0.1, 0.15) is 0 Å². The van der Waals surface area contributed by atoms with Crippen LogP contribution < -0.4 is 5.73 Å². The summed E-state index contributed by atoms with van der Waals surface area (Å²) in [6.45, 7) is 1.82. The van der Waals surface area contributed by atoms with Crippen molar-refractivity contribution in [2.75, 3.05) is 19.8 Å². The number of halogens is 3. The van der Waals surface area contributed by atoms with Gasteiger partial charge in [-0.05, 0) is 38.0 Å². The average molecular weight is 307 g/mol. The Morgan fingerprint density at radius 3 is 2.52 bits per heavy atom. The standard InChI is InChI=1S/C15H24F3NO2/c16-15(17,18)12-2-1-4-14(19,9-12)11-3-6-21-13(8-11)5-7-20-10-13/h11-12H,1-10,19H2. The van der Waals surface area contributed by atoms with Gasteiger partial charge in [0, 0.05) is 25.2 Å². The van der Waals surface area contributed by atoms with Gasteiger partial charge in [-0.2, -0.15) is 13.2 Å². The van der Waals surface area contributed by atoms with Crippen LogP contribution in [0, 0.1) is 11.8 Å². The molecule has 0 aromatic rings. The molecule has 0 aromatic heterocycles. The molecule has 0 amide bonds. The van der Waals surface area contributed by atoms with E-state index in [-0.39, 0.29) is 24.4 Å². The summed E-state index contributed by atoms with van der Waals surface area (Å²) in [5.41, 5.74) is 5.49. The molecule has 0 aromatic carbocycles. The largest absolute Gasteiger partial charge is 0.391 e. The van der Waals surface area contributed by atoms with E-state index in [9.17, 15) is 13.2 Å². The minimum atomic E-state index is -4.12. The first-order valence-electron chi connectivity index (χ1n) is 7.90. The second-order valence-corrected chi connectivity index (χ2v) is 7.09. The second-order valence-electron chi connectivity index (χ2n) is 7.09. The molecule has 2 saturated heterocycles. The third-order valence-electron chi connectivity index (χ3n) is 5.66. The van der Waals surface area contributed by atoms with Crippen LogP contribution in [0.3, 0.4) is 0 Å². The van der Waals surface area contributed by atoms with Crippen molar-refractivity contribution < 1.29 is 22.6 Å². The van der Waals surface area contributed by atoms with Crippen LogP contribution in [0.25, 0.3) is 0 Å². The van der Waals surface area contributed by atoms with Crippen LogP contribution in [0.2, 0.25) is 0 Å². The molecule has 3 nitrogen and oxygen atoms in total. The van der Waals surface area contributed by atoms with Crippen molar-refractivity contribution in [3.8, 4) is 0 Å². The summed E-state index contributed by atoms with van der Waals surface area (Å²) in [6, 6.07) is 0. The lowest BCUT2D eigenvalue weighted by Crippen LogP contribution is -2.57.